The molecule has 2 N–H and O–H groups in total. The average molecular weight is 675 g/mol. The van der Waals surface area contributed by atoms with E-state index < -0.39 is 47.7 Å². The molecule has 0 radical (unpaired) electrons. The summed E-state index contributed by atoms with van der Waals surface area (Å²) in [5, 5.41) is 5.34. The van der Waals surface area contributed by atoms with Gasteiger partial charge < -0.3 is 29.6 Å². The first-order valence-electron chi connectivity index (χ1n) is 15.2. The zero-order valence-electron chi connectivity index (χ0n) is 28.0. The van der Waals surface area contributed by atoms with Gasteiger partial charge in [-0.3, -0.25) is 18.7 Å². The van der Waals surface area contributed by atoms with Crippen LogP contribution in [0, 0.1) is 0 Å². The molecular formula is C35H38N4O10. The topological polar surface area (TPSA) is 173 Å². The second-order valence-electron chi connectivity index (χ2n) is 12.1. The van der Waals surface area contributed by atoms with Crippen molar-refractivity contribution in [3.8, 4) is 5.75 Å². The minimum absolute atomic E-state index is 0.106. The Labute approximate surface area is 281 Å². The molecule has 0 aliphatic heterocycles. The molecule has 258 valence electrons. The van der Waals surface area contributed by atoms with Crippen LogP contribution in [0.1, 0.15) is 59.5 Å². The van der Waals surface area contributed by atoms with Crippen molar-refractivity contribution in [2.75, 3.05) is 13.9 Å². The molecule has 14 heteroatoms. The number of nitrogens with one attached hydrogen (secondary N) is 2. The molecule has 1 aromatic heterocycles. The monoisotopic (exact) mass is 674 g/mol. The molecule has 0 spiro atoms. The van der Waals surface area contributed by atoms with Gasteiger partial charge in [-0.05, 0) is 81.3 Å². The second-order valence-corrected chi connectivity index (χ2v) is 12.1. The fraction of sp³-hybridized carbons (Fsp3) is 0.314. The lowest BCUT2D eigenvalue weighted by Gasteiger charge is -2.21. The number of nitrogens with zero attached hydrogens (tertiary/aromatic N) is 2. The summed E-state index contributed by atoms with van der Waals surface area (Å²) >= 11 is 0. The zero-order chi connectivity index (χ0) is 35.9. The first-order chi connectivity index (χ1) is 23.2. The Morgan fingerprint density at radius 2 is 1.49 bits per heavy atom. The third-order valence-corrected chi connectivity index (χ3v) is 7.23. The van der Waals surface area contributed by atoms with Crippen molar-refractivity contribution >= 4 is 34.8 Å². The highest BCUT2D eigenvalue weighted by Crippen LogP contribution is 2.14. The number of hydrogen-bond donors (Lipinski definition) is 2. The van der Waals surface area contributed by atoms with Gasteiger partial charge in [-0.25, -0.2) is 19.2 Å². The van der Waals surface area contributed by atoms with Crippen molar-refractivity contribution in [3.05, 3.63) is 110 Å². The van der Waals surface area contributed by atoms with Gasteiger partial charge in [0.25, 0.3) is 11.5 Å². The van der Waals surface area contributed by atoms with Crippen LogP contribution in [0.25, 0.3) is 10.9 Å². The van der Waals surface area contributed by atoms with Crippen LogP contribution >= 0.6 is 0 Å². The summed E-state index contributed by atoms with van der Waals surface area (Å²) < 4.78 is 22.5. The van der Waals surface area contributed by atoms with E-state index in [2.05, 4.69) is 10.6 Å². The fourth-order valence-electron chi connectivity index (χ4n) is 4.65. The molecule has 2 amide bonds. The van der Waals surface area contributed by atoms with Crippen LogP contribution in [0.3, 0.4) is 0 Å². The van der Waals surface area contributed by atoms with Crippen LogP contribution in [0.15, 0.2) is 76.3 Å². The summed E-state index contributed by atoms with van der Waals surface area (Å²) in [7, 11) is 3.10. The Hall–Kier alpha value is -5.92. The number of aryl methyl sites for hydroxylation is 1. The number of fused-ring (bicyclic) bond motifs is 1. The maximum atomic E-state index is 13.5. The molecule has 4 aromatic rings. The largest absolute Gasteiger partial charge is 0.497 e. The number of methoxy groups -OCH3 is 1. The lowest BCUT2D eigenvalue weighted by molar-refractivity contribution is -0.154. The van der Waals surface area contributed by atoms with Gasteiger partial charge in [-0.2, -0.15) is 0 Å². The van der Waals surface area contributed by atoms with Gasteiger partial charge in [0, 0.05) is 19.2 Å². The molecule has 1 atom stereocenters. The van der Waals surface area contributed by atoms with E-state index in [4.69, 9.17) is 18.9 Å². The zero-order valence-corrected chi connectivity index (χ0v) is 28.0. The van der Waals surface area contributed by atoms with Crippen LogP contribution in [0.4, 0.5) is 4.79 Å². The average Bonchev–Trinajstić information content (AvgIpc) is 3.07. The molecule has 0 saturated heterocycles. The quantitative estimate of drug-likeness (QED) is 0.178. The van der Waals surface area contributed by atoms with Crippen molar-refractivity contribution < 1.29 is 38.1 Å². The first kappa shape index (κ1) is 35.9. The van der Waals surface area contributed by atoms with Crippen LogP contribution in [0.5, 0.6) is 5.75 Å². The predicted octanol–water partition coefficient (Wildman–Crippen LogP) is 3.26. The summed E-state index contributed by atoms with van der Waals surface area (Å²) in [5.41, 5.74) is 0.265. The SMILES string of the molecule is COc1ccc(CNC(=O)c2ccc3c(c2)c(=O)n(Cc2ccc(C(=O)OCOC(=O)C(C)NC(=O)OC(C)(C)C)cc2)c(=O)n3C)cc1. The van der Waals surface area contributed by atoms with Gasteiger partial charge in [0.05, 0.1) is 30.1 Å². The Balaban J connectivity index is 1.39. The van der Waals surface area contributed by atoms with E-state index in [0.29, 0.717) is 16.8 Å². The molecular weight excluding hydrogens is 636 g/mol. The summed E-state index contributed by atoms with van der Waals surface area (Å²) in [5.74, 6) is -1.31. The summed E-state index contributed by atoms with van der Waals surface area (Å²) in [4.78, 5) is 76.0. The number of esters is 2. The molecule has 14 nitrogen and oxygen atoms in total. The van der Waals surface area contributed by atoms with E-state index in [1.54, 1.807) is 64.3 Å². The predicted molar refractivity (Wildman–Crippen MR) is 178 cm³/mol. The maximum absolute atomic E-state index is 13.5. The third kappa shape index (κ3) is 9.34. The number of hydrogen-bond acceptors (Lipinski definition) is 10. The molecule has 0 bridgehead atoms. The highest BCUT2D eigenvalue weighted by atomic mass is 16.7. The number of aromatic nitrogens is 2. The molecule has 0 aliphatic carbocycles. The number of carbonyl (C=O) groups excluding carboxylic acids is 4. The summed E-state index contributed by atoms with van der Waals surface area (Å²) in [6.45, 7) is 5.89. The van der Waals surface area contributed by atoms with E-state index in [0.717, 1.165) is 10.1 Å². The Morgan fingerprint density at radius 3 is 2.12 bits per heavy atom. The molecule has 0 aliphatic rings. The lowest BCUT2D eigenvalue weighted by atomic mass is 10.1. The molecule has 0 saturated carbocycles. The first-order valence-corrected chi connectivity index (χ1v) is 15.2. The fourth-order valence-corrected chi connectivity index (χ4v) is 4.65. The molecule has 1 heterocycles. The normalized spacial score (nSPS) is 11.7. The highest BCUT2D eigenvalue weighted by molar-refractivity contribution is 5.97. The van der Waals surface area contributed by atoms with Crippen molar-refractivity contribution in [2.45, 2.75) is 52.4 Å². The van der Waals surface area contributed by atoms with Crippen molar-refractivity contribution in [1.82, 2.24) is 19.8 Å². The van der Waals surface area contributed by atoms with E-state index in [1.165, 1.54) is 36.7 Å². The Morgan fingerprint density at radius 1 is 0.857 bits per heavy atom. The van der Waals surface area contributed by atoms with Crippen LogP contribution in [0.2, 0.25) is 0 Å². The van der Waals surface area contributed by atoms with E-state index in [-0.39, 0.29) is 35.5 Å². The van der Waals surface area contributed by atoms with E-state index >= 15 is 0 Å². The van der Waals surface area contributed by atoms with E-state index in [1.807, 2.05) is 12.1 Å². The van der Waals surface area contributed by atoms with Gasteiger partial charge >= 0.3 is 23.7 Å². The number of amides is 2. The number of carbonyl (C=O) groups is 4. The van der Waals surface area contributed by atoms with Crippen LogP contribution < -0.4 is 26.6 Å². The Bertz CT molecular complexity index is 1970. The number of benzene rings is 3. The van der Waals surface area contributed by atoms with Gasteiger partial charge in [-0.15, -0.1) is 0 Å². The smallest absolute Gasteiger partial charge is 0.408 e. The highest BCUT2D eigenvalue weighted by Gasteiger charge is 2.22. The maximum Gasteiger partial charge on any atom is 0.408 e. The minimum Gasteiger partial charge on any atom is -0.497 e. The third-order valence-electron chi connectivity index (χ3n) is 7.23. The minimum atomic E-state index is -1.05. The molecule has 3 aromatic carbocycles. The summed E-state index contributed by atoms with van der Waals surface area (Å²) in [6, 6.07) is 16.7. The van der Waals surface area contributed by atoms with Gasteiger partial charge in [0.15, 0.2) is 0 Å². The number of ether oxygens (including phenoxy) is 4. The number of alkyl carbamates (subject to hydrolysis) is 1. The lowest BCUT2D eigenvalue weighted by Crippen LogP contribution is -2.42. The summed E-state index contributed by atoms with van der Waals surface area (Å²) in [6.07, 6.45) is -0.799. The second kappa shape index (κ2) is 15.3. The molecule has 49 heavy (non-hydrogen) atoms. The van der Waals surface area contributed by atoms with Crippen LogP contribution in [-0.2, 0) is 39.1 Å². The standard InChI is InChI=1S/C35H38N4O10/c1-21(37-33(44)49-35(2,3)4)31(42)47-20-48-32(43)24-11-7-23(8-12-24)19-39-30(41)27-17-25(13-16-28(27)38(5)34(39)45)29(40)36-18-22-9-14-26(46-6)15-10-22/h7-17,21H,18-20H2,1-6H3,(H,36,40)(H,37,44). The Kier molecular flexibility index (Phi) is 11.2. The molecule has 0 fully saturated rings. The van der Waals surface area contributed by atoms with Crippen molar-refractivity contribution in [1.29, 1.82) is 0 Å². The molecule has 4 rings (SSSR count). The van der Waals surface area contributed by atoms with Gasteiger partial charge in [0.1, 0.15) is 17.4 Å². The van der Waals surface area contributed by atoms with Gasteiger partial charge in [-0.1, -0.05) is 24.3 Å². The van der Waals surface area contributed by atoms with Crippen LogP contribution in [-0.4, -0.2) is 58.6 Å². The van der Waals surface area contributed by atoms with Crippen molar-refractivity contribution in [2.24, 2.45) is 7.05 Å². The number of rotatable bonds is 11. The van der Waals surface area contributed by atoms with Crippen molar-refractivity contribution in [3.63, 3.8) is 0 Å². The van der Waals surface area contributed by atoms with E-state index in [9.17, 15) is 28.8 Å². The van der Waals surface area contributed by atoms with Gasteiger partial charge in [0.2, 0.25) is 6.79 Å². The molecule has 1 unspecified atom stereocenters.